The summed E-state index contributed by atoms with van der Waals surface area (Å²) in [4.78, 5) is 41.9. The number of nitrogens with zero attached hydrogens (tertiary/aromatic N) is 4. The molecule has 34 heavy (non-hydrogen) atoms. The second-order valence-electron chi connectivity index (χ2n) is 10.3. The quantitative estimate of drug-likeness (QED) is 0.601. The molecular formula is C24H32N6O4. The molecule has 182 valence electrons. The van der Waals surface area contributed by atoms with Crippen LogP contribution in [-0.4, -0.2) is 83.9 Å². The SMILES string of the molecule is Cn1c(=O)n(C2CCC(=O)NC2=O)c2ccc(N3CCN(CC4COC5(CNC5)C4)CC3)cc21. The number of piperazine rings is 1. The molecule has 2 atom stereocenters. The maximum absolute atomic E-state index is 13.0. The van der Waals surface area contributed by atoms with E-state index in [1.54, 1.807) is 11.6 Å². The van der Waals surface area contributed by atoms with Crippen molar-refractivity contribution >= 4 is 28.5 Å². The van der Waals surface area contributed by atoms with Crippen LogP contribution in [0.2, 0.25) is 0 Å². The smallest absolute Gasteiger partial charge is 0.329 e. The Morgan fingerprint density at radius 2 is 1.88 bits per heavy atom. The molecule has 0 bridgehead atoms. The highest BCUT2D eigenvalue weighted by molar-refractivity contribution is 6.00. The molecule has 6 rings (SSSR count). The molecule has 1 spiro atoms. The number of anilines is 1. The van der Waals surface area contributed by atoms with E-state index in [9.17, 15) is 14.4 Å². The summed E-state index contributed by atoms with van der Waals surface area (Å²) in [6.45, 7) is 7.85. The fourth-order valence-corrected chi connectivity index (χ4v) is 6.04. The number of piperidine rings is 1. The number of rotatable bonds is 4. The normalized spacial score (nSPS) is 27.4. The Morgan fingerprint density at radius 3 is 2.56 bits per heavy atom. The first-order valence-corrected chi connectivity index (χ1v) is 12.3. The van der Waals surface area contributed by atoms with E-state index in [1.807, 2.05) is 18.2 Å². The van der Waals surface area contributed by atoms with Gasteiger partial charge in [-0.1, -0.05) is 0 Å². The molecule has 2 N–H and O–H groups in total. The Labute approximate surface area is 197 Å². The average molecular weight is 469 g/mol. The Morgan fingerprint density at radius 1 is 1.09 bits per heavy atom. The average Bonchev–Trinajstić information content (AvgIpc) is 3.35. The van der Waals surface area contributed by atoms with Gasteiger partial charge >= 0.3 is 5.69 Å². The molecule has 1 aromatic heterocycles. The molecule has 5 heterocycles. The van der Waals surface area contributed by atoms with Crippen LogP contribution in [0.15, 0.2) is 23.0 Å². The van der Waals surface area contributed by atoms with Gasteiger partial charge in [0.1, 0.15) is 6.04 Å². The second kappa shape index (κ2) is 8.21. The number of aromatic nitrogens is 2. The van der Waals surface area contributed by atoms with Gasteiger partial charge in [0.25, 0.3) is 0 Å². The maximum atomic E-state index is 13.0. The number of ether oxygens (including phenoxy) is 1. The van der Waals surface area contributed by atoms with Crippen molar-refractivity contribution in [2.45, 2.75) is 30.9 Å². The summed E-state index contributed by atoms with van der Waals surface area (Å²) >= 11 is 0. The summed E-state index contributed by atoms with van der Waals surface area (Å²) in [5, 5.41) is 5.70. The molecule has 4 aliphatic rings. The van der Waals surface area contributed by atoms with Gasteiger partial charge in [0, 0.05) is 65.0 Å². The lowest BCUT2D eigenvalue weighted by atomic mass is 9.89. The van der Waals surface area contributed by atoms with Gasteiger partial charge in [-0.2, -0.15) is 0 Å². The predicted octanol–water partition coefficient (Wildman–Crippen LogP) is -0.182. The molecule has 4 saturated heterocycles. The number of fused-ring (bicyclic) bond motifs is 1. The highest BCUT2D eigenvalue weighted by Gasteiger charge is 2.45. The Kier molecular flexibility index (Phi) is 5.27. The highest BCUT2D eigenvalue weighted by Crippen LogP contribution is 2.34. The summed E-state index contributed by atoms with van der Waals surface area (Å²) in [5.74, 6) is -0.0688. The van der Waals surface area contributed by atoms with Crippen LogP contribution in [0.1, 0.15) is 25.3 Å². The van der Waals surface area contributed by atoms with Gasteiger partial charge in [0.15, 0.2) is 0 Å². The predicted molar refractivity (Wildman–Crippen MR) is 127 cm³/mol. The third-order valence-electron chi connectivity index (χ3n) is 8.03. The lowest BCUT2D eigenvalue weighted by Crippen LogP contribution is -2.59. The monoisotopic (exact) mass is 468 g/mol. The van der Waals surface area contributed by atoms with E-state index in [0.29, 0.717) is 12.3 Å². The van der Waals surface area contributed by atoms with Crippen molar-refractivity contribution < 1.29 is 14.3 Å². The van der Waals surface area contributed by atoms with E-state index in [4.69, 9.17) is 4.74 Å². The zero-order valence-electron chi connectivity index (χ0n) is 19.6. The topological polar surface area (TPSA) is 101 Å². The van der Waals surface area contributed by atoms with Crippen molar-refractivity contribution in [1.29, 1.82) is 0 Å². The number of hydrogen-bond donors (Lipinski definition) is 2. The lowest BCUT2D eigenvalue weighted by molar-refractivity contribution is -0.135. The van der Waals surface area contributed by atoms with Crippen LogP contribution in [0.3, 0.4) is 0 Å². The highest BCUT2D eigenvalue weighted by atomic mass is 16.5. The van der Waals surface area contributed by atoms with E-state index in [-0.39, 0.29) is 23.6 Å². The minimum Gasteiger partial charge on any atom is -0.372 e. The number of aryl methyl sites for hydroxylation is 1. The molecule has 2 aromatic rings. The lowest BCUT2D eigenvalue weighted by Gasteiger charge is -2.39. The third kappa shape index (κ3) is 3.64. The summed E-state index contributed by atoms with van der Waals surface area (Å²) < 4.78 is 9.21. The van der Waals surface area contributed by atoms with Crippen molar-refractivity contribution in [3.8, 4) is 0 Å². The first-order valence-electron chi connectivity index (χ1n) is 12.3. The maximum Gasteiger partial charge on any atom is 0.329 e. The molecule has 0 saturated carbocycles. The molecule has 10 heteroatoms. The van der Waals surface area contributed by atoms with Crippen molar-refractivity contribution in [3.05, 3.63) is 28.7 Å². The van der Waals surface area contributed by atoms with Crippen molar-refractivity contribution in [1.82, 2.24) is 24.7 Å². The molecule has 1 aromatic carbocycles. The summed E-state index contributed by atoms with van der Waals surface area (Å²) in [7, 11) is 1.74. The summed E-state index contributed by atoms with van der Waals surface area (Å²) in [6, 6.07) is 5.37. The van der Waals surface area contributed by atoms with Gasteiger partial charge in [-0.05, 0) is 37.0 Å². The van der Waals surface area contributed by atoms with E-state index >= 15 is 0 Å². The summed E-state index contributed by atoms with van der Waals surface area (Å²) in [5.41, 5.74) is 2.50. The number of carbonyl (C=O) groups is 2. The Bertz CT molecular complexity index is 1190. The van der Waals surface area contributed by atoms with E-state index < -0.39 is 11.9 Å². The van der Waals surface area contributed by atoms with Crippen LogP contribution in [0, 0.1) is 5.92 Å². The van der Waals surface area contributed by atoms with Crippen LogP contribution in [0.5, 0.6) is 0 Å². The minimum atomic E-state index is -0.655. The van der Waals surface area contributed by atoms with Gasteiger partial charge in [-0.15, -0.1) is 0 Å². The van der Waals surface area contributed by atoms with Gasteiger partial charge in [0.2, 0.25) is 11.8 Å². The van der Waals surface area contributed by atoms with Gasteiger partial charge in [-0.3, -0.25) is 28.9 Å². The van der Waals surface area contributed by atoms with Crippen LogP contribution >= 0.6 is 0 Å². The second-order valence-corrected chi connectivity index (χ2v) is 10.3. The number of imidazole rings is 1. The number of hydrogen-bond acceptors (Lipinski definition) is 7. The first-order chi connectivity index (χ1) is 16.4. The van der Waals surface area contributed by atoms with Crippen LogP contribution < -0.4 is 21.2 Å². The van der Waals surface area contributed by atoms with Gasteiger partial charge < -0.3 is 15.0 Å². The number of amides is 2. The first kappa shape index (κ1) is 21.8. The van der Waals surface area contributed by atoms with Crippen LogP contribution in [0.4, 0.5) is 5.69 Å². The third-order valence-corrected chi connectivity index (χ3v) is 8.03. The fraction of sp³-hybridized carbons (Fsp3) is 0.625. The molecule has 0 aliphatic carbocycles. The van der Waals surface area contributed by atoms with Crippen LogP contribution in [-0.2, 0) is 21.4 Å². The largest absolute Gasteiger partial charge is 0.372 e. The van der Waals surface area contributed by atoms with Crippen molar-refractivity contribution in [3.63, 3.8) is 0 Å². The molecule has 4 fully saturated rings. The number of imide groups is 1. The zero-order chi connectivity index (χ0) is 23.4. The number of benzene rings is 1. The Balaban J connectivity index is 1.15. The summed E-state index contributed by atoms with van der Waals surface area (Å²) in [6.07, 6.45) is 1.75. The molecule has 2 unspecified atom stereocenters. The number of carbonyl (C=O) groups excluding carboxylic acids is 2. The van der Waals surface area contributed by atoms with E-state index in [2.05, 4.69) is 20.4 Å². The Hall–Kier alpha value is -2.69. The molecule has 4 aliphatic heterocycles. The number of nitrogens with one attached hydrogen (secondary N) is 2. The fourth-order valence-electron chi connectivity index (χ4n) is 6.04. The van der Waals surface area contributed by atoms with E-state index in [1.165, 1.54) is 4.57 Å². The van der Waals surface area contributed by atoms with Gasteiger partial charge in [0.05, 0.1) is 23.2 Å². The van der Waals surface area contributed by atoms with E-state index in [0.717, 1.165) is 75.6 Å². The van der Waals surface area contributed by atoms with Crippen LogP contribution in [0.25, 0.3) is 11.0 Å². The molecule has 10 nitrogen and oxygen atoms in total. The van der Waals surface area contributed by atoms with Crippen molar-refractivity contribution in [2.75, 3.05) is 57.3 Å². The molecule has 0 radical (unpaired) electrons. The van der Waals surface area contributed by atoms with Gasteiger partial charge in [-0.25, -0.2) is 4.79 Å². The molecule has 2 amide bonds. The van der Waals surface area contributed by atoms with Crippen molar-refractivity contribution in [2.24, 2.45) is 13.0 Å². The standard InChI is InChI=1S/C24H32N6O4/c1-27-20-10-17(2-3-18(20)30(23(27)33)19-4-5-21(31)26-22(19)32)29-8-6-28(7-9-29)12-16-11-24(34-13-16)14-25-15-24/h2-3,10,16,19,25H,4-9,11-15H2,1H3,(H,26,31,32). The molecular weight excluding hydrogens is 436 g/mol. The minimum absolute atomic E-state index is 0.113. The zero-order valence-corrected chi connectivity index (χ0v) is 19.6.